The van der Waals surface area contributed by atoms with Gasteiger partial charge in [-0.1, -0.05) is 0 Å². The molecule has 128 valence electrons. The highest BCUT2D eigenvalue weighted by molar-refractivity contribution is 5.45. The molecule has 0 aromatic carbocycles. The summed E-state index contributed by atoms with van der Waals surface area (Å²) in [5, 5.41) is 9.61. The molecule has 2 aliphatic heterocycles. The number of anilines is 2. The summed E-state index contributed by atoms with van der Waals surface area (Å²) in [5.74, 6) is 1.29. The molecule has 6 nitrogen and oxygen atoms in total. The maximum Gasteiger partial charge on any atom is 0.401 e. The fourth-order valence-corrected chi connectivity index (χ4v) is 2.98. The lowest BCUT2D eigenvalue weighted by Gasteiger charge is -2.35. The predicted molar refractivity (Wildman–Crippen MR) is 79.6 cm³/mol. The van der Waals surface area contributed by atoms with Crippen LogP contribution in [-0.4, -0.2) is 78.1 Å². The van der Waals surface area contributed by atoms with Crippen LogP contribution in [0.3, 0.4) is 0 Å². The Balaban J connectivity index is 1.60. The van der Waals surface area contributed by atoms with Crippen LogP contribution in [-0.2, 0) is 0 Å². The topological polar surface area (TPSA) is 55.7 Å². The molecule has 0 radical (unpaired) electrons. The monoisotopic (exact) mass is 331 g/mol. The molecule has 9 heteroatoms. The molecule has 3 heterocycles. The normalized spacial score (nSPS) is 23.6. The second-order valence-electron chi connectivity index (χ2n) is 5.98. The average Bonchev–Trinajstić information content (AvgIpc) is 2.93. The first-order chi connectivity index (χ1) is 10.9. The Labute approximate surface area is 132 Å². The summed E-state index contributed by atoms with van der Waals surface area (Å²) in [5.41, 5.74) is 0. The second kappa shape index (κ2) is 6.48. The minimum Gasteiger partial charge on any atom is -0.391 e. The van der Waals surface area contributed by atoms with Crippen LogP contribution >= 0.6 is 0 Å². The number of β-amino-alcohol motifs (C(OH)–C–C–N with tert-alkyl or cyclic N) is 1. The van der Waals surface area contributed by atoms with Gasteiger partial charge in [-0.15, -0.1) is 0 Å². The summed E-state index contributed by atoms with van der Waals surface area (Å²) in [6.07, 6.45) is -2.12. The zero-order chi connectivity index (χ0) is 16.4. The Morgan fingerprint density at radius 2 is 1.87 bits per heavy atom. The third-order valence-electron chi connectivity index (χ3n) is 4.17. The van der Waals surface area contributed by atoms with Crippen molar-refractivity contribution in [3.05, 3.63) is 12.3 Å². The van der Waals surface area contributed by atoms with Gasteiger partial charge in [0.05, 0.1) is 12.6 Å². The smallest absolute Gasteiger partial charge is 0.391 e. The lowest BCUT2D eigenvalue weighted by molar-refractivity contribution is -0.146. The summed E-state index contributed by atoms with van der Waals surface area (Å²) in [6.45, 7) is 2.07. The summed E-state index contributed by atoms with van der Waals surface area (Å²) in [6, 6.07) is 1.79. The Morgan fingerprint density at radius 1 is 1.13 bits per heavy atom. The molecule has 0 saturated carbocycles. The van der Waals surface area contributed by atoms with E-state index >= 15 is 0 Å². The Bertz CT molecular complexity index is 533. The van der Waals surface area contributed by atoms with Gasteiger partial charge in [-0.25, -0.2) is 4.98 Å². The molecule has 1 aromatic rings. The van der Waals surface area contributed by atoms with Crippen molar-refractivity contribution < 1.29 is 18.3 Å². The summed E-state index contributed by atoms with van der Waals surface area (Å²) in [7, 11) is 0. The standard InChI is InChI=1S/C14H20F3N5O/c15-14(16,17)10-20-5-7-21(8-6-20)13-18-3-1-12(19-13)22-4-2-11(23)9-22/h1,3,11,23H,2,4-10H2. The third kappa shape index (κ3) is 4.23. The molecule has 0 amide bonds. The molecule has 2 fully saturated rings. The molecule has 0 bridgehead atoms. The van der Waals surface area contributed by atoms with Gasteiger partial charge in [-0.05, 0) is 12.5 Å². The van der Waals surface area contributed by atoms with Crippen LogP contribution in [0.5, 0.6) is 0 Å². The Kier molecular flexibility index (Phi) is 4.58. The zero-order valence-corrected chi connectivity index (χ0v) is 12.7. The fraction of sp³-hybridized carbons (Fsp3) is 0.714. The van der Waals surface area contributed by atoms with Gasteiger partial charge in [0.25, 0.3) is 0 Å². The van der Waals surface area contributed by atoms with E-state index < -0.39 is 12.7 Å². The average molecular weight is 331 g/mol. The molecule has 3 rings (SSSR count). The van der Waals surface area contributed by atoms with Crippen LogP contribution in [0.4, 0.5) is 24.9 Å². The van der Waals surface area contributed by atoms with Crippen LogP contribution in [0.25, 0.3) is 0 Å². The lowest BCUT2D eigenvalue weighted by Crippen LogP contribution is -2.49. The molecule has 1 unspecified atom stereocenters. The number of hydrogen-bond donors (Lipinski definition) is 1. The minimum absolute atomic E-state index is 0.334. The van der Waals surface area contributed by atoms with Gasteiger partial charge in [0.2, 0.25) is 5.95 Å². The van der Waals surface area contributed by atoms with E-state index in [1.807, 2.05) is 9.80 Å². The predicted octanol–water partition coefficient (Wildman–Crippen LogP) is 0.732. The van der Waals surface area contributed by atoms with E-state index in [0.717, 1.165) is 18.8 Å². The van der Waals surface area contributed by atoms with Crippen molar-refractivity contribution in [1.29, 1.82) is 0 Å². The van der Waals surface area contributed by atoms with Crippen LogP contribution in [0, 0.1) is 0 Å². The summed E-state index contributed by atoms with van der Waals surface area (Å²) >= 11 is 0. The largest absolute Gasteiger partial charge is 0.401 e. The van der Waals surface area contributed by atoms with Crippen molar-refractivity contribution >= 4 is 11.8 Å². The Hall–Kier alpha value is -1.61. The second-order valence-corrected chi connectivity index (χ2v) is 5.98. The lowest BCUT2D eigenvalue weighted by atomic mass is 10.3. The molecule has 1 aromatic heterocycles. The van der Waals surface area contributed by atoms with E-state index in [1.165, 1.54) is 4.90 Å². The van der Waals surface area contributed by atoms with Crippen LogP contribution in [0.15, 0.2) is 12.3 Å². The fourth-order valence-electron chi connectivity index (χ4n) is 2.98. The number of aliphatic hydroxyl groups is 1. The number of nitrogens with zero attached hydrogens (tertiary/aromatic N) is 5. The third-order valence-corrected chi connectivity index (χ3v) is 4.17. The first-order valence-electron chi connectivity index (χ1n) is 7.71. The zero-order valence-electron chi connectivity index (χ0n) is 12.7. The van der Waals surface area contributed by atoms with Gasteiger partial charge in [-0.2, -0.15) is 18.2 Å². The molecule has 2 aliphatic rings. The summed E-state index contributed by atoms with van der Waals surface area (Å²) in [4.78, 5) is 14.0. The molecule has 2 saturated heterocycles. The summed E-state index contributed by atoms with van der Waals surface area (Å²) < 4.78 is 37.2. The van der Waals surface area contributed by atoms with Crippen LogP contribution in [0.1, 0.15) is 6.42 Å². The highest BCUT2D eigenvalue weighted by Crippen LogP contribution is 2.22. The number of alkyl halides is 3. The molecule has 0 spiro atoms. The number of aromatic nitrogens is 2. The number of halogens is 3. The van der Waals surface area contributed by atoms with E-state index in [-0.39, 0.29) is 6.10 Å². The van der Waals surface area contributed by atoms with Crippen molar-refractivity contribution in [3.8, 4) is 0 Å². The molecular weight excluding hydrogens is 311 g/mol. The van der Waals surface area contributed by atoms with E-state index in [2.05, 4.69) is 9.97 Å². The number of rotatable bonds is 3. The van der Waals surface area contributed by atoms with E-state index in [0.29, 0.717) is 38.7 Å². The quantitative estimate of drug-likeness (QED) is 0.881. The van der Waals surface area contributed by atoms with Gasteiger partial charge in [0, 0.05) is 45.5 Å². The van der Waals surface area contributed by atoms with E-state index in [1.54, 1.807) is 12.3 Å². The van der Waals surface area contributed by atoms with Gasteiger partial charge in [0.1, 0.15) is 5.82 Å². The maximum atomic E-state index is 12.4. The van der Waals surface area contributed by atoms with Crippen molar-refractivity contribution in [2.75, 3.05) is 55.6 Å². The Morgan fingerprint density at radius 3 is 2.48 bits per heavy atom. The highest BCUT2D eigenvalue weighted by Gasteiger charge is 2.32. The number of piperazine rings is 1. The molecule has 1 atom stereocenters. The van der Waals surface area contributed by atoms with Crippen LogP contribution in [0.2, 0.25) is 0 Å². The van der Waals surface area contributed by atoms with Crippen molar-refractivity contribution in [2.24, 2.45) is 0 Å². The number of aliphatic hydroxyl groups excluding tert-OH is 1. The maximum absolute atomic E-state index is 12.4. The minimum atomic E-state index is -4.16. The molecule has 23 heavy (non-hydrogen) atoms. The van der Waals surface area contributed by atoms with Gasteiger partial charge in [-0.3, -0.25) is 4.90 Å². The highest BCUT2D eigenvalue weighted by atomic mass is 19.4. The van der Waals surface area contributed by atoms with Gasteiger partial charge >= 0.3 is 6.18 Å². The van der Waals surface area contributed by atoms with Crippen molar-refractivity contribution in [2.45, 2.75) is 18.7 Å². The van der Waals surface area contributed by atoms with Crippen molar-refractivity contribution in [1.82, 2.24) is 14.9 Å². The molecule has 0 aliphatic carbocycles. The van der Waals surface area contributed by atoms with Gasteiger partial charge in [0.15, 0.2) is 0 Å². The SMILES string of the molecule is OC1CCN(c2ccnc(N3CCN(CC(F)(F)F)CC3)n2)C1. The van der Waals surface area contributed by atoms with Crippen molar-refractivity contribution in [3.63, 3.8) is 0 Å². The van der Waals surface area contributed by atoms with E-state index in [9.17, 15) is 18.3 Å². The number of hydrogen-bond acceptors (Lipinski definition) is 6. The molecular formula is C14H20F3N5O. The first kappa shape index (κ1) is 16.3. The van der Waals surface area contributed by atoms with E-state index in [4.69, 9.17) is 0 Å². The molecule has 1 N–H and O–H groups in total. The first-order valence-corrected chi connectivity index (χ1v) is 7.71. The van der Waals surface area contributed by atoms with Gasteiger partial charge < -0.3 is 14.9 Å². The van der Waals surface area contributed by atoms with Crippen LogP contribution < -0.4 is 9.80 Å².